The van der Waals surface area contributed by atoms with Gasteiger partial charge in [0.1, 0.15) is 6.73 Å². The Balaban J connectivity index is 2.66. The van der Waals surface area contributed by atoms with Crippen molar-refractivity contribution in [1.82, 2.24) is 0 Å². The number of hydrogen-bond acceptors (Lipinski definition) is 2. The Morgan fingerprint density at radius 2 is 2.00 bits per heavy atom. The van der Waals surface area contributed by atoms with E-state index in [2.05, 4.69) is 6.92 Å². The molecule has 0 spiro atoms. The molecular weight excluding hydrogens is 202 g/mol. The monoisotopic (exact) mass is 221 g/mol. The molecule has 1 aromatic carbocycles. The van der Waals surface area contributed by atoms with Crippen LogP contribution in [-0.4, -0.2) is 18.7 Å². The summed E-state index contributed by atoms with van der Waals surface area (Å²) >= 11 is 0. The van der Waals surface area contributed by atoms with Crippen LogP contribution in [0.1, 0.15) is 27.2 Å². The van der Waals surface area contributed by atoms with Gasteiger partial charge in [-0.15, -0.1) is 0 Å². The number of hydrogen-bond donors (Lipinski definition) is 0. The van der Waals surface area contributed by atoms with Crippen LogP contribution in [0.3, 0.4) is 0 Å². The van der Waals surface area contributed by atoms with E-state index in [0.29, 0.717) is 6.73 Å². The van der Waals surface area contributed by atoms with Crippen LogP contribution in [0.4, 0.5) is 5.69 Å². The maximum atomic E-state index is 11.5. The molecule has 1 atom stereocenters. The normalized spacial score (nSPS) is 12.2. The van der Waals surface area contributed by atoms with E-state index in [-0.39, 0.29) is 12.0 Å². The van der Waals surface area contributed by atoms with Gasteiger partial charge in [-0.05, 0) is 25.5 Å². The lowest BCUT2D eigenvalue weighted by atomic mass is 10.3. The number of nitrogens with zero attached hydrogens (tertiary/aromatic N) is 1. The van der Waals surface area contributed by atoms with E-state index in [0.717, 1.165) is 12.1 Å². The lowest BCUT2D eigenvalue weighted by Crippen LogP contribution is -2.32. The maximum Gasteiger partial charge on any atom is 0.225 e. The second kappa shape index (κ2) is 6.28. The Hall–Kier alpha value is -1.35. The van der Waals surface area contributed by atoms with Crippen molar-refractivity contribution in [3.8, 4) is 0 Å². The van der Waals surface area contributed by atoms with E-state index in [1.54, 1.807) is 11.8 Å². The van der Waals surface area contributed by atoms with Gasteiger partial charge in [0.25, 0.3) is 0 Å². The van der Waals surface area contributed by atoms with Crippen LogP contribution < -0.4 is 4.90 Å². The van der Waals surface area contributed by atoms with E-state index in [1.165, 1.54) is 0 Å². The first-order chi connectivity index (χ1) is 7.65. The number of amides is 1. The fourth-order valence-electron chi connectivity index (χ4n) is 1.27. The molecule has 1 rings (SSSR count). The zero-order chi connectivity index (χ0) is 12.0. The molecule has 0 aliphatic carbocycles. The first-order valence-corrected chi connectivity index (χ1v) is 5.60. The summed E-state index contributed by atoms with van der Waals surface area (Å²) in [6.07, 6.45) is 1.12. The average Bonchev–Trinajstić information content (AvgIpc) is 2.30. The van der Waals surface area contributed by atoms with Gasteiger partial charge in [-0.3, -0.25) is 9.69 Å². The van der Waals surface area contributed by atoms with Crippen molar-refractivity contribution in [2.45, 2.75) is 33.3 Å². The number of benzene rings is 1. The molecule has 0 radical (unpaired) electrons. The van der Waals surface area contributed by atoms with Crippen molar-refractivity contribution in [3.63, 3.8) is 0 Å². The molecule has 3 heteroatoms. The van der Waals surface area contributed by atoms with Crippen molar-refractivity contribution in [2.75, 3.05) is 11.6 Å². The molecule has 1 amide bonds. The third kappa shape index (κ3) is 3.66. The summed E-state index contributed by atoms with van der Waals surface area (Å²) in [6.45, 7) is 5.93. The molecule has 0 N–H and O–H groups in total. The standard InChI is InChI=1S/C13H19NO2/c1-4-11(2)16-10-14(12(3)15)13-8-6-5-7-9-13/h5-9,11H,4,10H2,1-3H3. The van der Waals surface area contributed by atoms with Crippen molar-refractivity contribution in [3.05, 3.63) is 30.3 Å². The predicted octanol–water partition coefficient (Wildman–Crippen LogP) is 2.81. The molecule has 0 aliphatic rings. The summed E-state index contributed by atoms with van der Waals surface area (Å²) in [7, 11) is 0. The summed E-state index contributed by atoms with van der Waals surface area (Å²) < 4.78 is 5.57. The number of anilines is 1. The smallest absolute Gasteiger partial charge is 0.225 e. The van der Waals surface area contributed by atoms with E-state index in [4.69, 9.17) is 4.74 Å². The lowest BCUT2D eigenvalue weighted by molar-refractivity contribution is -0.118. The number of ether oxygens (including phenoxy) is 1. The van der Waals surface area contributed by atoms with Crippen molar-refractivity contribution < 1.29 is 9.53 Å². The molecule has 16 heavy (non-hydrogen) atoms. The molecule has 0 saturated carbocycles. The van der Waals surface area contributed by atoms with Crippen LogP contribution in [0.15, 0.2) is 30.3 Å². The highest BCUT2D eigenvalue weighted by Gasteiger charge is 2.11. The second-order valence-electron chi connectivity index (χ2n) is 3.80. The minimum atomic E-state index is -0.00509. The SMILES string of the molecule is CCC(C)OCN(C(C)=O)c1ccccc1. The summed E-state index contributed by atoms with van der Waals surface area (Å²) in [5.74, 6) is -0.00509. The summed E-state index contributed by atoms with van der Waals surface area (Å²) in [6, 6.07) is 9.56. The lowest BCUT2D eigenvalue weighted by Gasteiger charge is -2.23. The fourth-order valence-corrected chi connectivity index (χ4v) is 1.27. The largest absolute Gasteiger partial charge is 0.358 e. The van der Waals surface area contributed by atoms with Gasteiger partial charge in [0, 0.05) is 12.6 Å². The molecule has 1 unspecified atom stereocenters. The molecule has 1 aromatic rings. The first-order valence-electron chi connectivity index (χ1n) is 5.60. The van der Waals surface area contributed by atoms with Crippen LogP contribution in [0.5, 0.6) is 0 Å². The molecule has 0 fully saturated rings. The van der Waals surface area contributed by atoms with Gasteiger partial charge in [0.15, 0.2) is 0 Å². The molecular formula is C13H19NO2. The minimum absolute atomic E-state index is 0.00509. The third-order valence-corrected chi connectivity index (χ3v) is 2.51. The van der Waals surface area contributed by atoms with Crippen LogP contribution >= 0.6 is 0 Å². The van der Waals surface area contributed by atoms with Gasteiger partial charge in [0.05, 0.1) is 6.10 Å². The Morgan fingerprint density at radius 1 is 1.38 bits per heavy atom. The number of para-hydroxylation sites is 1. The quantitative estimate of drug-likeness (QED) is 0.715. The highest BCUT2D eigenvalue weighted by Crippen LogP contribution is 2.13. The highest BCUT2D eigenvalue weighted by molar-refractivity contribution is 5.91. The van der Waals surface area contributed by atoms with E-state index < -0.39 is 0 Å². The number of carbonyl (C=O) groups excluding carboxylic acids is 1. The van der Waals surface area contributed by atoms with Crippen LogP contribution in [0, 0.1) is 0 Å². The Bertz CT molecular complexity index is 324. The average molecular weight is 221 g/mol. The topological polar surface area (TPSA) is 29.5 Å². The second-order valence-corrected chi connectivity index (χ2v) is 3.80. The predicted molar refractivity (Wildman–Crippen MR) is 65.3 cm³/mol. The van der Waals surface area contributed by atoms with Gasteiger partial charge < -0.3 is 4.74 Å². The number of rotatable bonds is 5. The Kier molecular flexibility index (Phi) is 4.99. The summed E-state index contributed by atoms with van der Waals surface area (Å²) in [5, 5.41) is 0. The molecule has 0 aromatic heterocycles. The van der Waals surface area contributed by atoms with Crippen molar-refractivity contribution in [1.29, 1.82) is 0 Å². The van der Waals surface area contributed by atoms with Gasteiger partial charge in [-0.25, -0.2) is 0 Å². The maximum absolute atomic E-state index is 11.5. The summed E-state index contributed by atoms with van der Waals surface area (Å²) in [4.78, 5) is 13.1. The number of carbonyl (C=O) groups is 1. The molecule has 0 saturated heterocycles. The Labute approximate surface area is 97.0 Å². The molecule has 88 valence electrons. The molecule has 0 bridgehead atoms. The highest BCUT2D eigenvalue weighted by atomic mass is 16.5. The van der Waals surface area contributed by atoms with E-state index in [9.17, 15) is 4.79 Å². The zero-order valence-corrected chi connectivity index (χ0v) is 10.1. The van der Waals surface area contributed by atoms with E-state index >= 15 is 0 Å². The van der Waals surface area contributed by atoms with E-state index in [1.807, 2.05) is 37.3 Å². The van der Waals surface area contributed by atoms with Crippen molar-refractivity contribution >= 4 is 11.6 Å². The third-order valence-electron chi connectivity index (χ3n) is 2.51. The Morgan fingerprint density at radius 3 is 2.50 bits per heavy atom. The molecule has 3 nitrogen and oxygen atoms in total. The van der Waals surface area contributed by atoms with Crippen LogP contribution in [-0.2, 0) is 9.53 Å². The van der Waals surface area contributed by atoms with Crippen LogP contribution in [0.2, 0.25) is 0 Å². The molecule has 0 heterocycles. The van der Waals surface area contributed by atoms with Gasteiger partial charge in [-0.1, -0.05) is 25.1 Å². The summed E-state index contributed by atoms with van der Waals surface area (Å²) in [5.41, 5.74) is 0.873. The van der Waals surface area contributed by atoms with Gasteiger partial charge in [-0.2, -0.15) is 0 Å². The van der Waals surface area contributed by atoms with Crippen LogP contribution in [0.25, 0.3) is 0 Å². The van der Waals surface area contributed by atoms with Gasteiger partial charge in [0.2, 0.25) is 5.91 Å². The van der Waals surface area contributed by atoms with Crippen molar-refractivity contribution in [2.24, 2.45) is 0 Å². The molecule has 0 aliphatic heterocycles. The first kappa shape index (κ1) is 12.7. The zero-order valence-electron chi connectivity index (χ0n) is 10.1. The fraction of sp³-hybridized carbons (Fsp3) is 0.462. The minimum Gasteiger partial charge on any atom is -0.358 e. The van der Waals surface area contributed by atoms with Gasteiger partial charge >= 0.3 is 0 Å².